The van der Waals surface area contributed by atoms with Gasteiger partial charge in [-0.2, -0.15) is 0 Å². The second kappa shape index (κ2) is 5.47. The Morgan fingerprint density at radius 3 is 3.00 bits per heavy atom. The molecule has 1 amide bonds. The lowest BCUT2D eigenvalue weighted by atomic mass is 10.2. The van der Waals surface area contributed by atoms with Crippen molar-refractivity contribution in [2.24, 2.45) is 0 Å². The fraction of sp³-hybridized carbons (Fsp3) is 0.333. The van der Waals surface area contributed by atoms with E-state index in [1.165, 1.54) is 6.20 Å². The third-order valence-electron chi connectivity index (χ3n) is 2.47. The molecule has 19 heavy (non-hydrogen) atoms. The molecular formula is C12H13N3O4. The van der Waals surface area contributed by atoms with Gasteiger partial charge in [-0.15, -0.1) is 0 Å². The van der Waals surface area contributed by atoms with Crippen LogP contribution in [-0.4, -0.2) is 35.2 Å². The van der Waals surface area contributed by atoms with Crippen LogP contribution in [0.2, 0.25) is 0 Å². The molecule has 0 aliphatic heterocycles. The quantitative estimate of drug-likeness (QED) is 0.821. The Bertz CT molecular complexity index is 620. The number of pyridine rings is 1. The number of nitrogens with one attached hydrogen (secondary N) is 1. The van der Waals surface area contributed by atoms with E-state index in [0.717, 1.165) is 0 Å². The fourth-order valence-corrected chi connectivity index (χ4v) is 1.54. The number of esters is 1. The van der Waals surface area contributed by atoms with Crippen LogP contribution in [0.1, 0.15) is 23.0 Å². The second-order valence-corrected chi connectivity index (χ2v) is 3.83. The Labute approximate surface area is 108 Å². The van der Waals surface area contributed by atoms with Gasteiger partial charge in [0.1, 0.15) is 6.54 Å². The molecule has 0 aliphatic rings. The average Bonchev–Trinajstić information content (AvgIpc) is 2.78. The zero-order chi connectivity index (χ0) is 13.8. The van der Waals surface area contributed by atoms with E-state index in [-0.39, 0.29) is 13.2 Å². The third-order valence-corrected chi connectivity index (χ3v) is 2.47. The lowest BCUT2D eigenvalue weighted by Crippen LogP contribution is -2.30. The molecule has 1 N–H and O–H groups in total. The Kier molecular flexibility index (Phi) is 3.74. The molecule has 0 unspecified atom stereocenters. The molecule has 0 saturated heterocycles. The summed E-state index contributed by atoms with van der Waals surface area (Å²) in [4.78, 5) is 26.9. The summed E-state index contributed by atoms with van der Waals surface area (Å²) >= 11 is 0. The smallest absolute Gasteiger partial charge is 0.325 e. The number of aromatic nitrogens is 2. The molecule has 2 heterocycles. The molecule has 0 aromatic carbocycles. The molecule has 0 radical (unpaired) electrons. The van der Waals surface area contributed by atoms with Crippen molar-refractivity contribution in [2.45, 2.75) is 13.8 Å². The van der Waals surface area contributed by atoms with Gasteiger partial charge in [-0.1, -0.05) is 5.16 Å². The first-order valence-electron chi connectivity index (χ1n) is 5.77. The zero-order valence-electron chi connectivity index (χ0n) is 10.6. The minimum absolute atomic E-state index is 0.173. The van der Waals surface area contributed by atoms with E-state index in [9.17, 15) is 9.59 Å². The van der Waals surface area contributed by atoms with Gasteiger partial charge in [0.05, 0.1) is 23.3 Å². The largest absolute Gasteiger partial charge is 0.465 e. The van der Waals surface area contributed by atoms with Crippen molar-refractivity contribution in [3.8, 4) is 0 Å². The number of ether oxygens (including phenoxy) is 1. The number of carbonyl (C=O) groups excluding carboxylic acids is 2. The summed E-state index contributed by atoms with van der Waals surface area (Å²) in [6, 6.07) is 1.62. The first-order chi connectivity index (χ1) is 9.11. The predicted molar refractivity (Wildman–Crippen MR) is 65.5 cm³/mol. The molecule has 2 rings (SSSR count). The topological polar surface area (TPSA) is 94.3 Å². The first kappa shape index (κ1) is 13.0. The van der Waals surface area contributed by atoms with E-state index in [1.807, 2.05) is 0 Å². The van der Waals surface area contributed by atoms with E-state index < -0.39 is 11.9 Å². The molecule has 0 atom stereocenters. The van der Waals surface area contributed by atoms with Crippen molar-refractivity contribution >= 4 is 23.0 Å². The van der Waals surface area contributed by atoms with Crippen LogP contribution in [0.25, 0.3) is 11.1 Å². The van der Waals surface area contributed by atoms with E-state index >= 15 is 0 Å². The van der Waals surface area contributed by atoms with Gasteiger partial charge in [-0.05, 0) is 19.9 Å². The number of hydrogen-bond acceptors (Lipinski definition) is 6. The highest BCUT2D eigenvalue weighted by atomic mass is 16.5. The molecule has 2 aromatic heterocycles. The first-order valence-corrected chi connectivity index (χ1v) is 5.77. The van der Waals surface area contributed by atoms with Crippen LogP contribution in [0.4, 0.5) is 0 Å². The Balaban J connectivity index is 2.08. The summed E-state index contributed by atoms with van der Waals surface area (Å²) in [7, 11) is 0. The molecular weight excluding hydrogens is 250 g/mol. The van der Waals surface area contributed by atoms with Crippen molar-refractivity contribution in [3.05, 3.63) is 23.5 Å². The Hall–Kier alpha value is -2.44. The van der Waals surface area contributed by atoms with Gasteiger partial charge in [0.25, 0.3) is 11.6 Å². The standard InChI is InChI=1S/C12H13N3O4/c1-3-18-10(16)6-13-11(17)8-4-9-7(2)15-19-12(9)14-5-8/h4-5H,3,6H2,1-2H3,(H,13,17). The molecule has 0 fully saturated rings. The normalized spacial score (nSPS) is 10.4. The SMILES string of the molecule is CCOC(=O)CNC(=O)c1cnc2onc(C)c2c1. The van der Waals surface area contributed by atoms with Crippen LogP contribution >= 0.6 is 0 Å². The van der Waals surface area contributed by atoms with Gasteiger partial charge < -0.3 is 14.6 Å². The molecule has 0 bridgehead atoms. The fourth-order valence-electron chi connectivity index (χ4n) is 1.54. The van der Waals surface area contributed by atoms with Crippen LogP contribution in [-0.2, 0) is 9.53 Å². The number of amides is 1. The molecule has 0 spiro atoms. The summed E-state index contributed by atoms with van der Waals surface area (Å²) in [6.45, 7) is 3.56. The predicted octanol–water partition coefficient (Wildman–Crippen LogP) is 0.824. The van der Waals surface area contributed by atoms with Crippen molar-refractivity contribution < 1.29 is 18.8 Å². The van der Waals surface area contributed by atoms with Crippen molar-refractivity contribution in [1.82, 2.24) is 15.5 Å². The van der Waals surface area contributed by atoms with Crippen LogP contribution < -0.4 is 5.32 Å². The summed E-state index contributed by atoms with van der Waals surface area (Å²) < 4.78 is 9.66. The summed E-state index contributed by atoms with van der Waals surface area (Å²) in [5, 5.41) is 6.88. The number of fused-ring (bicyclic) bond motifs is 1. The molecule has 0 saturated carbocycles. The highest BCUT2D eigenvalue weighted by Gasteiger charge is 2.12. The van der Waals surface area contributed by atoms with Crippen molar-refractivity contribution in [3.63, 3.8) is 0 Å². The van der Waals surface area contributed by atoms with E-state index in [4.69, 9.17) is 9.26 Å². The number of hydrogen-bond donors (Lipinski definition) is 1. The highest BCUT2D eigenvalue weighted by molar-refractivity contribution is 5.98. The maximum Gasteiger partial charge on any atom is 0.325 e. The number of carbonyl (C=O) groups is 2. The number of nitrogens with zero attached hydrogens (tertiary/aromatic N) is 2. The molecule has 7 heteroatoms. The molecule has 0 aliphatic carbocycles. The zero-order valence-corrected chi connectivity index (χ0v) is 10.6. The third kappa shape index (κ3) is 2.87. The maximum absolute atomic E-state index is 11.8. The van der Waals surface area contributed by atoms with Gasteiger partial charge in [-0.25, -0.2) is 4.98 Å². The summed E-state index contributed by atoms with van der Waals surface area (Å²) in [6.07, 6.45) is 1.37. The van der Waals surface area contributed by atoms with E-state index in [1.54, 1.807) is 19.9 Å². The average molecular weight is 263 g/mol. The minimum Gasteiger partial charge on any atom is -0.465 e. The van der Waals surface area contributed by atoms with Crippen LogP contribution in [0.5, 0.6) is 0 Å². The van der Waals surface area contributed by atoms with Crippen molar-refractivity contribution in [1.29, 1.82) is 0 Å². The van der Waals surface area contributed by atoms with Gasteiger partial charge in [-0.3, -0.25) is 9.59 Å². The molecule has 100 valence electrons. The van der Waals surface area contributed by atoms with E-state index in [0.29, 0.717) is 22.4 Å². The summed E-state index contributed by atoms with van der Waals surface area (Å²) in [5.74, 6) is -0.880. The van der Waals surface area contributed by atoms with Crippen LogP contribution in [0.3, 0.4) is 0 Å². The van der Waals surface area contributed by atoms with Crippen LogP contribution in [0, 0.1) is 6.92 Å². The molecule has 2 aromatic rings. The van der Waals surface area contributed by atoms with E-state index in [2.05, 4.69) is 15.5 Å². The lowest BCUT2D eigenvalue weighted by molar-refractivity contribution is -0.141. The highest BCUT2D eigenvalue weighted by Crippen LogP contribution is 2.16. The minimum atomic E-state index is -0.481. The summed E-state index contributed by atoms with van der Waals surface area (Å²) in [5.41, 5.74) is 1.37. The Morgan fingerprint density at radius 1 is 1.47 bits per heavy atom. The maximum atomic E-state index is 11.8. The van der Waals surface area contributed by atoms with Crippen LogP contribution in [0.15, 0.2) is 16.8 Å². The second-order valence-electron chi connectivity index (χ2n) is 3.83. The Morgan fingerprint density at radius 2 is 2.26 bits per heavy atom. The number of rotatable bonds is 4. The van der Waals surface area contributed by atoms with Gasteiger partial charge >= 0.3 is 5.97 Å². The van der Waals surface area contributed by atoms with Gasteiger partial charge in [0.15, 0.2) is 0 Å². The van der Waals surface area contributed by atoms with Gasteiger partial charge in [0.2, 0.25) is 0 Å². The van der Waals surface area contributed by atoms with Crippen molar-refractivity contribution in [2.75, 3.05) is 13.2 Å². The lowest BCUT2D eigenvalue weighted by Gasteiger charge is -2.04. The van der Waals surface area contributed by atoms with Gasteiger partial charge in [0, 0.05) is 6.20 Å². The molecule has 7 nitrogen and oxygen atoms in total. The number of aryl methyl sites for hydroxylation is 1. The monoisotopic (exact) mass is 263 g/mol.